The molecule has 0 aromatic heterocycles. The molecule has 0 bridgehead atoms. The number of hydrogen-bond acceptors (Lipinski definition) is 10. The van der Waals surface area contributed by atoms with Crippen LogP contribution in [0, 0.1) is 0 Å². The van der Waals surface area contributed by atoms with Crippen LogP contribution in [-0.2, 0) is 42.6 Å². The molecule has 33 heavy (non-hydrogen) atoms. The van der Waals surface area contributed by atoms with Crippen LogP contribution in [0.15, 0.2) is 0 Å². The number of halogens is 1. The van der Waals surface area contributed by atoms with Gasteiger partial charge in [0.25, 0.3) is 0 Å². The molecule has 0 fully saturated rings. The highest BCUT2D eigenvalue weighted by Crippen LogP contribution is 1.87. The zero-order valence-electron chi connectivity index (χ0n) is 20.6. The highest BCUT2D eigenvalue weighted by Gasteiger charge is 1.95. The average molecular weight is 596 g/mol. The highest BCUT2D eigenvalue weighted by molar-refractivity contribution is 14.1. The Kier molecular flexibility index (Phi) is 30.7. The second-order valence-electron chi connectivity index (χ2n) is 7.00. The van der Waals surface area contributed by atoms with E-state index < -0.39 is 0 Å². The van der Waals surface area contributed by atoms with E-state index in [9.17, 15) is 0 Å². The first-order valence-electron chi connectivity index (χ1n) is 11.7. The van der Waals surface area contributed by atoms with Gasteiger partial charge in [-0.25, -0.2) is 0 Å². The van der Waals surface area contributed by atoms with Crippen LogP contribution in [0.4, 0.5) is 0 Å². The molecule has 200 valence electrons. The Balaban J connectivity index is 3.00. The van der Waals surface area contributed by atoms with E-state index in [0.717, 1.165) is 24.2 Å². The van der Waals surface area contributed by atoms with E-state index in [1.54, 1.807) is 0 Å². The lowest BCUT2D eigenvalue weighted by Crippen LogP contribution is -2.19. The van der Waals surface area contributed by atoms with Crippen LogP contribution < -0.4 is 0 Å². The molecule has 0 aliphatic carbocycles. The third-order valence-corrected chi connectivity index (χ3v) is 4.32. The van der Waals surface area contributed by atoms with E-state index >= 15 is 0 Å². The molecule has 0 aliphatic rings. The summed E-state index contributed by atoms with van der Waals surface area (Å²) >= 11 is 2.28. The fourth-order valence-corrected chi connectivity index (χ4v) is 2.47. The van der Waals surface area contributed by atoms with Gasteiger partial charge in [-0.1, -0.05) is 22.6 Å². The zero-order chi connectivity index (χ0) is 24.1. The summed E-state index contributed by atoms with van der Waals surface area (Å²) in [6, 6.07) is 0. The van der Waals surface area contributed by atoms with Gasteiger partial charge in [-0.2, -0.15) is 0 Å². The predicted molar refractivity (Wildman–Crippen MR) is 135 cm³/mol. The first-order chi connectivity index (χ1) is 16.3. The molecule has 0 spiro atoms. The van der Waals surface area contributed by atoms with Gasteiger partial charge in [0.15, 0.2) is 0 Å². The molecule has 0 aromatic rings. The Morgan fingerprint density at radius 3 is 0.788 bits per heavy atom. The van der Waals surface area contributed by atoms with Crippen molar-refractivity contribution in [3.05, 3.63) is 0 Å². The molecule has 0 heterocycles. The molecule has 10 nitrogen and oxygen atoms in total. The maximum atomic E-state index is 5.45. The number of rotatable bonds is 29. The molecule has 0 radical (unpaired) electrons. The standard InChI is InChI=1S/C22H46INO9/c1-24(2)4-6-26-8-10-28-12-14-30-16-18-32-20-22-33-21-19-31-17-15-29-13-11-27-9-7-25-5-3-23/h3-22H2,1-2H3. The Bertz CT molecular complexity index is 358. The largest absolute Gasteiger partial charge is 0.378 e. The van der Waals surface area contributed by atoms with E-state index in [0.29, 0.717) is 106 Å². The van der Waals surface area contributed by atoms with E-state index in [1.165, 1.54) is 0 Å². The highest BCUT2D eigenvalue weighted by atomic mass is 127. The Morgan fingerprint density at radius 1 is 0.364 bits per heavy atom. The smallest absolute Gasteiger partial charge is 0.0701 e. The lowest BCUT2D eigenvalue weighted by Gasteiger charge is -2.10. The van der Waals surface area contributed by atoms with Crippen LogP contribution in [0.2, 0.25) is 0 Å². The number of hydrogen-bond donors (Lipinski definition) is 0. The first kappa shape index (κ1) is 33.3. The molecule has 0 aliphatic heterocycles. The van der Waals surface area contributed by atoms with E-state index in [-0.39, 0.29) is 0 Å². The first-order valence-corrected chi connectivity index (χ1v) is 13.2. The summed E-state index contributed by atoms with van der Waals surface area (Å²) in [6.45, 7) is 11.4. The Labute approximate surface area is 213 Å². The Morgan fingerprint density at radius 2 is 0.576 bits per heavy atom. The van der Waals surface area contributed by atoms with Crippen molar-refractivity contribution in [3.8, 4) is 0 Å². The molecule has 0 saturated carbocycles. The molecule has 0 rings (SSSR count). The van der Waals surface area contributed by atoms with Crippen molar-refractivity contribution in [1.29, 1.82) is 0 Å². The quantitative estimate of drug-likeness (QED) is 0.0713. The number of alkyl halides is 1. The van der Waals surface area contributed by atoms with Gasteiger partial charge >= 0.3 is 0 Å². The molecule has 0 atom stereocenters. The molecule has 0 aromatic carbocycles. The molecule has 0 unspecified atom stereocenters. The minimum Gasteiger partial charge on any atom is -0.378 e. The van der Waals surface area contributed by atoms with E-state index in [1.807, 2.05) is 14.1 Å². The minimum atomic E-state index is 0.537. The fraction of sp³-hybridized carbons (Fsp3) is 1.00. The van der Waals surface area contributed by atoms with Crippen molar-refractivity contribution in [3.63, 3.8) is 0 Å². The second kappa shape index (κ2) is 30.4. The zero-order valence-corrected chi connectivity index (χ0v) is 22.8. The monoisotopic (exact) mass is 595 g/mol. The second-order valence-corrected chi connectivity index (χ2v) is 8.08. The lowest BCUT2D eigenvalue weighted by atomic mass is 10.6. The summed E-state index contributed by atoms with van der Waals surface area (Å²) in [7, 11) is 4.04. The van der Waals surface area contributed by atoms with Crippen molar-refractivity contribution >= 4 is 22.6 Å². The molecular weight excluding hydrogens is 549 g/mol. The topological polar surface area (TPSA) is 86.3 Å². The predicted octanol–water partition coefficient (Wildman–Crippen LogP) is 1.13. The Hall–Kier alpha value is 0.330. The average Bonchev–Trinajstić information content (AvgIpc) is 2.80. The van der Waals surface area contributed by atoms with Crippen LogP contribution in [0.1, 0.15) is 0 Å². The summed E-state index contributed by atoms with van der Waals surface area (Å²) in [5.74, 6) is 0. The van der Waals surface area contributed by atoms with Gasteiger partial charge in [-0.3, -0.25) is 0 Å². The van der Waals surface area contributed by atoms with Crippen molar-refractivity contribution in [2.24, 2.45) is 0 Å². The van der Waals surface area contributed by atoms with Crippen LogP contribution in [0.25, 0.3) is 0 Å². The number of likely N-dealkylation sites (N-methyl/N-ethyl adjacent to an activating group) is 1. The van der Waals surface area contributed by atoms with Crippen molar-refractivity contribution in [2.75, 3.05) is 144 Å². The molecule has 0 saturated heterocycles. The third kappa shape index (κ3) is 32.3. The van der Waals surface area contributed by atoms with Crippen molar-refractivity contribution < 1.29 is 42.6 Å². The normalized spacial score (nSPS) is 11.6. The van der Waals surface area contributed by atoms with Gasteiger partial charge in [-0.15, -0.1) is 0 Å². The van der Waals surface area contributed by atoms with Gasteiger partial charge < -0.3 is 47.5 Å². The van der Waals surface area contributed by atoms with Crippen LogP contribution in [0.3, 0.4) is 0 Å². The van der Waals surface area contributed by atoms with E-state index in [2.05, 4.69) is 27.5 Å². The summed E-state index contributed by atoms with van der Waals surface area (Å²) < 4.78 is 49.8. The number of nitrogens with zero attached hydrogens (tertiary/aromatic N) is 1. The van der Waals surface area contributed by atoms with Gasteiger partial charge in [0.2, 0.25) is 0 Å². The fourth-order valence-electron chi connectivity index (χ4n) is 2.16. The van der Waals surface area contributed by atoms with Crippen LogP contribution in [0.5, 0.6) is 0 Å². The van der Waals surface area contributed by atoms with Crippen LogP contribution in [-0.4, -0.2) is 149 Å². The maximum Gasteiger partial charge on any atom is 0.0701 e. The summed E-state index contributed by atoms with van der Waals surface area (Å²) in [5, 5.41) is 0. The number of ether oxygens (including phenoxy) is 9. The SMILES string of the molecule is CN(C)CCOCCOCCOCCOCCOCCOCCOCCOCCOCCI. The van der Waals surface area contributed by atoms with Gasteiger partial charge in [0, 0.05) is 11.0 Å². The van der Waals surface area contributed by atoms with Crippen LogP contribution >= 0.6 is 22.6 Å². The maximum absolute atomic E-state index is 5.45. The van der Waals surface area contributed by atoms with Gasteiger partial charge in [0.1, 0.15) is 0 Å². The third-order valence-electron chi connectivity index (χ3n) is 3.88. The van der Waals surface area contributed by atoms with Gasteiger partial charge in [0.05, 0.1) is 119 Å². The van der Waals surface area contributed by atoms with Crippen molar-refractivity contribution in [2.45, 2.75) is 0 Å². The molecular formula is C22H46INO9. The summed E-state index contributed by atoms with van der Waals surface area (Å²) in [4.78, 5) is 2.09. The molecule has 11 heteroatoms. The van der Waals surface area contributed by atoms with Gasteiger partial charge in [-0.05, 0) is 14.1 Å². The molecule has 0 amide bonds. The minimum absolute atomic E-state index is 0.537. The lowest BCUT2D eigenvalue weighted by molar-refractivity contribution is -0.0249. The molecule has 0 N–H and O–H groups in total. The van der Waals surface area contributed by atoms with Crippen molar-refractivity contribution in [1.82, 2.24) is 4.90 Å². The summed E-state index contributed by atoms with van der Waals surface area (Å²) in [6.07, 6.45) is 0. The summed E-state index contributed by atoms with van der Waals surface area (Å²) in [5.41, 5.74) is 0. The van der Waals surface area contributed by atoms with E-state index in [4.69, 9.17) is 42.6 Å².